The molecule has 0 aliphatic carbocycles. The molecule has 3 aromatic rings. The van der Waals surface area contributed by atoms with Crippen molar-refractivity contribution in [3.05, 3.63) is 93.0 Å². The van der Waals surface area contributed by atoms with Crippen LogP contribution in [0.25, 0.3) is 0 Å². The van der Waals surface area contributed by atoms with Gasteiger partial charge in [0.15, 0.2) is 0 Å². The fourth-order valence-corrected chi connectivity index (χ4v) is 5.68. The molecule has 10 heteroatoms. The molecule has 1 atom stereocenters. The lowest BCUT2D eigenvalue weighted by atomic mass is 10.1. The number of hydrogen-bond acceptors (Lipinski definition) is 4. The van der Waals surface area contributed by atoms with Gasteiger partial charge in [0, 0.05) is 21.2 Å². The molecule has 0 aliphatic rings. The van der Waals surface area contributed by atoms with E-state index in [0.29, 0.717) is 10.7 Å². The highest BCUT2D eigenvalue weighted by Gasteiger charge is 2.32. The van der Waals surface area contributed by atoms with Gasteiger partial charge in [-0.05, 0) is 97.5 Å². The number of anilines is 1. The fourth-order valence-electron chi connectivity index (χ4n) is 3.68. The van der Waals surface area contributed by atoms with Gasteiger partial charge in [0.2, 0.25) is 11.8 Å². The maximum absolute atomic E-state index is 13.8. The standard InChI is InChI=1S/C27H29ClIN3O4S/c1-19(2)30-27(34)20(3)31(17-21-8-7-9-22(28)16-21)26(33)18-32(24-14-12-23(29)13-15-24)37(35,36)25-10-5-4-6-11-25/h4-16,19-20H,17-18H2,1-3H3,(H,30,34)/t20-/m1/s1. The molecule has 37 heavy (non-hydrogen) atoms. The predicted octanol–water partition coefficient (Wildman–Crippen LogP) is 5.08. The Morgan fingerprint density at radius 2 is 1.59 bits per heavy atom. The molecule has 1 N–H and O–H groups in total. The minimum absolute atomic E-state index is 0.0633. The summed E-state index contributed by atoms with van der Waals surface area (Å²) >= 11 is 8.28. The molecule has 0 aliphatic heterocycles. The first-order valence-electron chi connectivity index (χ1n) is 11.7. The maximum Gasteiger partial charge on any atom is 0.264 e. The Bertz CT molecular complexity index is 1340. The molecule has 0 spiro atoms. The Morgan fingerprint density at radius 1 is 0.946 bits per heavy atom. The van der Waals surface area contributed by atoms with Gasteiger partial charge in [-0.3, -0.25) is 13.9 Å². The third kappa shape index (κ3) is 7.68. The quantitative estimate of drug-likeness (QED) is 0.309. The zero-order valence-corrected chi connectivity index (χ0v) is 24.5. The summed E-state index contributed by atoms with van der Waals surface area (Å²) in [7, 11) is -4.08. The van der Waals surface area contributed by atoms with Crippen molar-refractivity contribution in [1.82, 2.24) is 10.2 Å². The highest BCUT2D eigenvalue weighted by molar-refractivity contribution is 14.1. The number of nitrogens with zero attached hydrogens (tertiary/aromatic N) is 2. The van der Waals surface area contributed by atoms with Gasteiger partial charge in [-0.25, -0.2) is 8.42 Å². The molecule has 0 radical (unpaired) electrons. The zero-order valence-electron chi connectivity index (χ0n) is 20.8. The van der Waals surface area contributed by atoms with Gasteiger partial charge >= 0.3 is 0 Å². The van der Waals surface area contributed by atoms with E-state index in [1.54, 1.807) is 73.7 Å². The topological polar surface area (TPSA) is 86.8 Å². The fraction of sp³-hybridized carbons (Fsp3) is 0.259. The number of amides is 2. The molecule has 7 nitrogen and oxygen atoms in total. The summed E-state index contributed by atoms with van der Waals surface area (Å²) in [6, 6.07) is 20.8. The van der Waals surface area contributed by atoms with Crippen LogP contribution in [0, 0.1) is 3.57 Å². The van der Waals surface area contributed by atoms with Crippen molar-refractivity contribution in [2.24, 2.45) is 0 Å². The van der Waals surface area contributed by atoms with E-state index in [-0.39, 0.29) is 23.4 Å². The average Bonchev–Trinajstić information content (AvgIpc) is 2.86. The van der Waals surface area contributed by atoms with E-state index < -0.39 is 28.5 Å². The van der Waals surface area contributed by atoms with Gasteiger partial charge in [-0.2, -0.15) is 0 Å². The Hall–Kier alpha value is -2.63. The second-order valence-electron chi connectivity index (χ2n) is 8.79. The summed E-state index contributed by atoms with van der Waals surface area (Å²) in [6.07, 6.45) is 0. The van der Waals surface area contributed by atoms with Crippen LogP contribution in [0.2, 0.25) is 5.02 Å². The smallest absolute Gasteiger partial charge is 0.264 e. The Morgan fingerprint density at radius 3 is 2.19 bits per heavy atom. The molecule has 3 rings (SSSR count). The van der Waals surface area contributed by atoms with Gasteiger partial charge in [0.25, 0.3) is 10.0 Å². The summed E-state index contributed by atoms with van der Waals surface area (Å²) in [5, 5.41) is 3.33. The van der Waals surface area contributed by atoms with Crippen LogP contribution in [-0.2, 0) is 26.2 Å². The van der Waals surface area contributed by atoms with E-state index in [9.17, 15) is 18.0 Å². The molecule has 0 saturated heterocycles. The van der Waals surface area contributed by atoms with E-state index in [4.69, 9.17) is 11.6 Å². The summed E-state index contributed by atoms with van der Waals surface area (Å²) in [6.45, 7) is 4.88. The number of rotatable bonds is 10. The molecule has 2 amide bonds. The first-order chi connectivity index (χ1) is 17.5. The number of carbonyl (C=O) groups excluding carboxylic acids is 2. The Balaban J connectivity index is 2.01. The monoisotopic (exact) mass is 653 g/mol. The first-order valence-corrected chi connectivity index (χ1v) is 14.6. The van der Waals surface area contributed by atoms with Gasteiger partial charge in [-0.1, -0.05) is 41.9 Å². The molecular weight excluding hydrogens is 625 g/mol. The molecule has 0 saturated carbocycles. The zero-order chi connectivity index (χ0) is 27.2. The minimum atomic E-state index is -4.08. The van der Waals surface area contributed by atoms with E-state index in [1.165, 1.54) is 17.0 Å². The molecule has 0 heterocycles. The van der Waals surface area contributed by atoms with Gasteiger partial charge < -0.3 is 10.2 Å². The Kier molecular flexibility index (Phi) is 9.97. The number of benzene rings is 3. The van der Waals surface area contributed by atoms with Crippen molar-refractivity contribution in [3.8, 4) is 0 Å². The van der Waals surface area contributed by atoms with Crippen LogP contribution in [0.1, 0.15) is 26.3 Å². The third-order valence-electron chi connectivity index (χ3n) is 5.56. The number of carbonyl (C=O) groups is 2. The summed E-state index contributed by atoms with van der Waals surface area (Å²) in [4.78, 5) is 28.1. The summed E-state index contributed by atoms with van der Waals surface area (Å²) in [5.41, 5.74) is 1.07. The van der Waals surface area contributed by atoms with Crippen LogP contribution in [0.15, 0.2) is 83.8 Å². The minimum Gasteiger partial charge on any atom is -0.352 e. The SMILES string of the molecule is CC(C)NC(=O)[C@@H](C)N(Cc1cccc(Cl)c1)C(=O)CN(c1ccc(I)cc1)S(=O)(=O)c1ccccc1. The van der Waals surface area contributed by atoms with E-state index in [0.717, 1.165) is 13.4 Å². The lowest BCUT2D eigenvalue weighted by Crippen LogP contribution is -2.52. The van der Waals surface area contributed by atoms with Gasteiger partial charge in [-0.15, -0.1) is 0 Å². The van der Waals surface area contributed by atoms with Gasteiger partial charge in [0.05, 0.1) is 10.6 Å². The normalized spacial score (nSPS) is 12.2. The number of nitrogens with one attached hydrogen (secondary N) is 1. The second-order valence-corrected chi connectivity index (χ2v) is 12.3. The number of halogens is 2. The van der Waals surface area contributed by atoms with E-state index in [2.05, 4.69) is 27.9 Å². The van der Waals surface area contributed by atoms with Crippen LogP contribution >= 0.6 is 34.2 Å². The van der Waals surface area contributed by atoms with Crippen molar-refractivity contribution >= 4 is 61.7 Å². The molecular formula is C27H29ClIN3O4S. The number of sulfonamides is 1. The van der Waals surface area contributed by atoms with E-state index >= 15 is 0 Å². The maximum atomic E-state index is 13.8. The molecule has 0 aromatic heterocycles. The van der Waals surface area contributed by atoms with Crippen molar-refractivity contribution in [1.29, 1.82) is 0 Å². The molecule has 196 valence electrons. The van der Waals surface area contributed by atoms with Crippen molar-refractivity contribution in [2.45, 2.75) is 44.3 Å². The van der Waals surface area contributed by atoms with Crippen molar-refractivity contribution < 1.29 is 18.0 Å². The molecule has 0 unspecified atom stereocenters. The lowest BCUT2D eigenvalue weighted by Gasteiger charge is -2.32. The highest BCUT2D eigenvalue weighted by Crippen LogP contribution is 2.25. The molecule has 0 fully saturated rings. The van der Waals surface area contributed by atoms with Crippen molar-refractivity contribution in [3.63, 3.8) is 0 Å². The lowest BCUT2D eigenvalue weighted by molar-refractivity contribution is -0.139. The predicted molar refractivity (Wildman–Crippen MR) is 155 cm³/mol. The summed E-state index contributed by atoms with van der Waals surface area (Å²) in [5.74, 6) is -0.860. The Labute approximate surface area is 237 Å². The van der Waals surface area contributed by atoms with Crippen LogP contribution in [0.3, 0.4) is 0 Å². The second kappa shape index (κ2) is 12.7. The molecule has 0 bridgehead atoms. The van der Waals surface area contributed by atoms with Crippen molar-refractivity contribution in [2.75, 3.05) is 10.8 Å². The van der Waals surface area contributed by atoms with Crippen LogP contribution in [-0.4, -0.2) is 43.8 Å². The van der Waals surface area contributed by atoms with Crippen LogP contribution in [0.5, 0.6) is 0 Å². The first kappa shape index (κ1) is 28.9. The summed E-state index contributed by atoms with van der Waals surface area (Å²) < 4.78 is 29.4. The van der Waals surface area contributed by atoms with E-state index in [1.807, 2.05) is 13.8 Å². The van der Waals surface area contributed by atoms with Gasteiger partial charge in [0.1, 0.15) is 12.6 Å². The van der Waals surface area contributed by atoms with Crippen LogP contribution in [0.4, 0.5) is 5.69 Å². The number of hydrogen-bond donors (Lipinski definition) is 1. The van der Waals surface area contributed by atoms with Crippen LogP contribution < -0.4 is 9.62 Å². The third-order valence-corrected chi connectivity index (χ3v) is 8.31. The molecule has 3 aromatic carbocycles. The largest absolute Gasteiger partial charge is 0.352 e. The average molecular weight is 654 g/mol. The highest BCUT2D eigenvalue weighted by atomic mass is 127.